The summed E-state index contributed by atoms with van der Waals surface area (Å²) in [4.78, 5) is 0. The highest BCUT2D eigenvalue weighted by Gasteiger charge is 2.37. The number of aromatic nitrogens is 1. The molecule has 8 aromatic carbocycles. The predicted molar refractivity (Wildman–Crippen MR) is 260 cm³/mol. The molecule has 0 fully saturated rings. The van der Waals surface area contributed by atoms with E-state index in [1.54, 1.807) is 0 Å². The van der Waals surface area contributed by atoms with Gasteiger partial charge in [0, 0.05) is 66.4 Å². The standard InChI is InChI=1S/C57H42BN2O2/c1-56(2,3)33-19-21-34(22-20-33)59-48-30-53-42(36-16-10-12-18-51(36)62-53)26-40(48)37-23-24-38-41-25-39-35-15-9-11-17-45(35)57(4,5)46(39)28-49(41)60-50-27-43-44(32-13-7-6-8-14-32)31-61-52(43)29-47(50)58-54(37)55(38)60/h6-31,59H,1-5H3. The van der Waals surface area contributed by atoms with Crippen molar-refractivity contribution in [2.24, 2.45) is 0 Å². The van der Waals surface area contributed by atoms with Crippen molar-refractivity contribution in [3.05, 3.63) is 175 Å². The Hall–Kier alpha value is -7.24. The summed E-state index contributed by atoms with van der Waals surface area (Å²) < 4.78 is 15.5. The number of furan rings is 2. The van der Waals surface area contributed by atoms with E-state index in [9.17, 15) is 0 Å². The van der Waals surface area contributed by atoms with Crippen LogP contribution in [0.3, 0.4) is 0 Å². The molecule has 2 aliphatic rings. The van der Waals surface area contributed by atoms with Gasteiger partial charge in [-0.05, 0) is 98.4 Å². The Morgan fingerprint density at radius 1 is 0.565 bits per heavy atom. The van der Waals surface area contributed by atoms with Gasteiger partial charge in [-0.2, -0.15) is 0 Å². The molecule has 4 nitrogen and oxygen atoms in total. The molecule has 13 rings (SSSR count). The lowest BCUT2D eigenvalue weighted by molar-refractivity contribution is 0.590. The Labute approximate surface area is 360 Å². The van der Waals surface area contributed by atoms with Crippen LogP contribution in [0.1, 0.15) is 51.3 Å². The highest BCUT2D eigenvalue weighted by atomic mass is 16.3. The normalized spacial score (nSPS) is 13.8. The Kier molecular flexibility index (Phi) is 7.12. The minimum atomic E-state index is -0.141. The maximum atomic E-state index is 6.52. The fraction of sp³-hybridized carbons (Fsp3) is 0.123. The van der Waals surface area contributed by atoms with Gasteiger partial charge >= 0.3 is 0 Å². The van der Waals surface area contributed by atoms with Crippen molar-refractivity contribution in [1.29, 1.82) is 0 Å². The van der Waals surface area contributed by atoms with E-state index >= 15 is 0 Å². The van der Waals surface area contributed by atoms with Crippen molar-refractivity contribution in [2.45, 2.75) is 45.4 Å². The summed E-state index contributed by atoms with van der Waals surface area (Å²) in [5.74, 6) is 0. The van der Waals surface area contributed by atoms with Gasteiger partial charge in [0.2, 0.25) is 0 Å². The smallest absolute Gasteiger partial charge is 0.198 e. The molecule has 5 heteroatoms. The third-order valence-corrected chi connectivity index (χ3v) is 13.9. The highest BCUT2D eigenvalue weighted by Crippen LogP contribution is 2.51. The van der Waals surface area contributed by atoms with Gasteiger partial charge in [0.1, 0.15) is 16.7 Å². The van der Waals surface area contributed by atoms with Crippen LogP contribution in [0.4, 0.5) is 11.4 Å². The summed E-state index contributed by atoms with van der Waals surface area (Å²) in [6.07, 6.45) is 1.91. The third kappa shape index (κ3) is 4.96. The molecular weight excluding hydrogens is 755 g/mol. The molecule has 62 heavy (non-hydrogen) atoms. The molecule has 11 aromatic rings. The zero-order valence-corrected chi connectivity index (χ0v) is 35.4. The lowest BCUT2D eigenvalue weighted by Crippen LogP contribution is -2.37. The summed E-state index contributed by atoms with van der Waals surface area (Å²) >= 11 is 0. The molecular formula is C57H42BN2O2. The molecule has 1 aliphatic heterocycles. The van der Waals surface area contributed by atoms with E-state index in [0.717, 1.165) is 77.7 Å². The van der Waals surface area contributed by atoms with Gasteiger partial charge in [0.25, 0.3) is 0 Å². The molecule has 0 atom stereocenters. The van der Waals surface area contributed by atoms with Gasteiger partial charge in [0.15, 0.2) is 7.28 Å². The summed E-state index contributed by atoms with van der Waals surface area (Å²) in [5, 5.41) is 9.66. The number of nitrogens with zero attached hydrogens (tertiary/aromatic N) is 1. The largest absolute Gasteiger partial charge is 0.464 e. The summed E-state index contributed by atoms with van der Waals surface area (Å²) in [5.41, 5.74) is 21.6. The minimum absolute atomic E-state index is 0.0587. The van der Waals surface area contributed by atoms with Gasteiger partial charge in [-0.3, -0.25) is 0 Å². The number of fused-ring (bicyclic) bond motifs is 12. The molecule has 0 saturated heterocycles. The van der Waals surface area contributed by atoms with Gasteiger partial charge in [-0.1, -0.05) is 137 Å². The first-order chi connectivity index (χ1) is 30.1. The van der Waals surface area contributed by atoms with Gasteiger partial charge in [0.05, 0.1) is 17.5 Å². The van der Waals surface area contributed by atoms with Crippen LogP contribution in [0.5, 0.6) is 0 Å². The van der Waals surface area contributed by atoms with Crippen molar-refractivity contribution >= 4 is 84.3 Å². The third-order valence-electron chi connectivity index (χ3n) is 13.9. The number of hydrogen-bond acceptors (Lipinski definition) is 3. The van der Waals surface area contributed by atoms with Crippen molar-refractivity contribution < 1.29 is 8.83 Å². The Morgan fingerprint density at radius 2 is 1.34 bits per heavy atom. The van der Waals surface area contributed by atoms with Crippen LogP contribution in [0.2, 0.25) is 0 Å². The van der Waals surface area contributed by atoms with Crippen molar-refractivity contribution in [3.8, 4) is 39.1 Å². The second-order valence-corrected chi connectivity index (χ2v) is 18.9. The lowest BCUT2D eigenvalue weighted by atomic mass is 9.59. The second kappa shape index (κ2) is 12.4. The number of para-hydroxylation sites is 1. The fourth-order valence-corrected chi connectivity index (χ4v) is 10.6. The zero-order chi connectivity index (χ0) is 41.6. The molecule has 3 aromatic heterocycles. The highest BCUT2D eigenvalue weighted by molar-refractivity contribution is 6.73. The predicted octanol–water partition coefficient (Wildman–Crippen LogP) is 14.1. The van der Waals surface area contributed by atoms with Gasteiger partial charge < -0.3 is 18.7 Å². The summed E-state index contributed by atoms with van der Waals surface area (Å²) in [6.45, 7) is 11.5. The van der Waals surface area contributed by atoms with Crippen LogP contribution in [0.25, 0.3) is 93.8 Å². The van der Waals surface area contributed by atoms with Crippen LogP contribution in [-0.4, -0.2) is 11.8 Å². The van der Waals surface area contributed by atoms with Crippen molar-refractivity contribution in [1.82, 2.24) is 4.57 Å². The summed E-state index contributed by atoms with van der Waals surface area (Å²) in [6, 6.07) is 55.5. The molecule has 1 radical (unpaired) electrons. The molecule has 1 aliphatic carbocycles. The van der Waals surface area contributed by atoms with Gasteiger partial charge in [-0.15, -0.1) is 0 Å². The average molecular weight is 798 g/mol. The lowest BCUT2D eigenvalue weighted by Gasteiger charge is -2.25. The van der Waals surface area contributed by atoms with Crippen molar-refractivity contribution in [3.63, 3.8) is 0 Å². The first-order valence-electron chi connectivity index (χ1n) is 21.6. The number of nitrogens with one attached hydrogen (secondary N) is 1. The molecule has 0 saturated carbocycles. The van der Waals surface area contributed by atoms with E-state index in [1.807, 2.05) is 12.3 Å². The summed E-state index contributed by atoms with van der Waals surface area (Å²) in [7, 11) is 2.39. The number of rotatable bonds is 4. The Balaban J connectivity index is 1.10. The molecule has 295 valence electrons. The van der Waals surface area contributed by atoms with E-state index in [0.29, 0.717) is 0 Å². The van der Waals surface area contributed by atoms with Crippen LogP contribution < -0.4 is 16.2 Å². The van der Waals surface area contributed by atoms with Crippen LogP contribution in [-0.2, 0) is 10.8 Å². The molecule has 0 amide bonds. The van der Waals surface area contributed by atoms with Crippen LogP contribution in [0, 0.1) is 0 Å². The first kappa shape index (κ1) is 35.5. The topological polar surface area (TPSA) is 43.2 Å². The maximum Gasteiger partial charge on any atom is 0.198 e. The quantitative estimate of drug-likeness (QED) is 0.180. The average Bonchev–Trinajstić information content (AvgIpc) is 4.01. The first-order valence-corrected chi connectivity index (χ1v) is 21.6. The number of benzene rings is 8. The van der Waals surface area contributed by atoms with Crippen LogP contribution in [0.15, 0.2) is 167 Å². The SMILES string of the molecule is CC(C)(C)c1ccc(Nc2cc3oc4ccccc4c3cc2-c2ccc3c4cc5c(cc4n4c3c2[B]c2cc3occ(-c6ccccc6)c3cc2-4)C(C)(C)c2ccccc2-5)cc1. The van der Waals surface area contributed by atoms with E-state index in [1.165, 1.54) is 55.1 Å². The molecule has 0 unspecified atom stereocenters. The monoisotopic (exact) mass is 797 g/mol. The van der Waals surface area contributed by atoms with E-state index in [2.05, 4.69) is 197 Å². The maximum absolute atomic E-state index is 6.52. The van der Waals surface area contributed by atoms with Crippen LogP contribution >= 0.6 is 0 Å². The Bertz CT molecular complexity index is 3690. The van der Waals surface area contributed by atoms with E-state index < -0.39 is 0 Å². The minimum Gasteiger partial charge on any atom is -0.464 e. The van der Waals surface area contributed by atoms with E-state index in [4.69, 9.17) is 8.83 Å². The second-order valence-electron chi connectivity index (χ2n) is 18.9. The molecule has 0 bridgehead atoms. The fourth-order valence-electron chi connectivity index (χ4n) is 10.6. The zero-order valence-electron chi connectivity index (χ0n) is 35.4. The number of anilines is 2. The molecule has 1 N–H and O–H groups in total. The van der Waals surface area contributed by atoms with Crippen molar-refractivity contribution in [2.75, 3.05) is 5.32 Å². The molecule has 0 spiro atoms. The van der Waals surface area contributed by atoms with E-state index in [-0.39, 0.29) is 10.8 Å². The Morgan fingerprint density at radius 3 is 2.18 bits per heavy atom. The van der Waals surface area contributed by atoms with Gasteiger partial charge in [-0.25, -0.2) is 0 Å². The molecule has 4 heterocycles. The number of hydrogen-bond donors (Lipinski definition) is 1.